The van der Waals surface area contributed by atoms with Gasteiger partial charge in [-0.3, -0.25) is 4.90 Å². The fourth-order valence-electron chi connectivity index (χ4n) is 1.93. The smallest absolute Gasteiger partial charge is 0.141 e. The maximum atomic E-state index is 5.34. The number of methoxy groups -OCH3 is 1. The zero-order chi connectivity index (χ0) is 12.1. The molecule has 0 bridgehead atoms. The zero-order valence-corrected chi connectivity index (χ0v) is 10.4. The Morgan fingerprint density at radius 3 is 2.88 bits per heavy atom. The van der Waals surface area contributed by atoms with Gasteiger partial charge < -0.3 is 14.8 Å². The van der Waals surface area contributed by atoms with Gasteiger partial charge in [-0.2, -0.15) is 0 Å². The van der Waals surface area contributed by atoms with E-state index < -0.39 is 0 Å². The lowest BCUT2D eigenvalue weighted by atomic mass is 10.2. The van der Waals surface area contributed by atoms with Crippen molar-refractivity contribution in [2.75, 3.05) is 45.8 Å². The van der Waals surface area contributed by atoms with E-state index in [4.69, 9.17) is 9.47 Å². The maximum absolute atomic E-state index is 5.34. The van der Waals surface area contributed by atoms with Gasteiger partial charge in [0, 0.05) is 32.2 Å². The molecule has 1 aromatic heterocycles. The molecule has 1 aliphatic heterocycles. The number of anilines is 1. The van der Waals surface area contributed by atoms with Gasteiger partial charge in [0.05, 0.1) is 26.5 Å². The average Bonchev–Trinajstić information content (AvgIpc) is 2.40. The summed E-state index contributed by atoms with van der Waals surface area (Å²) < 4.78 is 10.7. The largest absolute Gasteiger partial charge is 0.495 e. The maximum Gasteiger partial charge on any atom is 0.141 e. The quantitative estimate of drug-likeness (QED) is 0.845. The van der Waals surface area contributed by atoms with Crippen LogP contribution < -0.4 is 10.1 Å². The molecule has 0 atom stereocenters. The molecular formula is C12H19N3O2. The van der Waals surface area contributed by atoms with E-state index in [1.54, 1.807) is 13.3 Å². The van der Waals surface area contributed by atoms with Gasteiger partial charge in [0.25, 0.3) is 0 Å². The standard InChI is InChI=1S/C12H19N3O2/c1-13-12-7-10(11(16-2)8-14-12)9-15-3-5-17-6-4-15/h7-8H,3-6,9H2,1-2H3,(H,13,14). The minimum atomic E-state index is 0.812. The molecule has 2 heterocycles. The van der Waals surface area contributed by atoms with E-state index in [-0.39, 0.29) is 0 Å². The van der Waals surface area contributed by atoms with Crippen LogP contribution in [0.3, 0.4) is 0 Å². The third kappa shape index (κ3) is 3.08. The summed E-state index contributed by atoms with van der Waals surface area (Å²) in [7, 11) is 3.55. The molecule has 1 N–H and O–H groups in total. The van der Waals surface area contributed by atoms with E-state index in [1.807, 2.05) is 13.1 Å². The highest BCUT2D eigenvalue weighted by Gasteiger charge is 2.14. The number of pyridine rings is 1. The topological polar surface area (TPSA) is 46.6 Å². The van der Waals surface area contributed by atoms with Crippen LogP contribution in [0.1, 0.15) is 5.56 Å². The molecule has 0 spiro atoms. The van der Waals surface area contributed by atoms with Crippen molar-refractivity contribution in [2.45, 2.75) is 6.54 Å². The summed E-state index contributed by atoms with van der Waals surface area (Å²) in [6, 6.07) is 2.04. The number of morpholine rings is 1. The molecule has 17 heavy (non-hydrogen) atoms. The van der Waals surface area contributed by atoms with Crippen LogP contribution in [-0.4, -0.2) is 50.3 Å². The molecule has 1 fully saturated rings. The zero-order valence-electron chi connectivity index (χ0n) is 10.4. The Labute approximate surface area is 102 Å². The van der Waals surface area contributed by atoms with E-state index >= 15 is 0 Å². The molecule has 1 aromatic rings. The molecule has 5 heteroatoms. The average molecular weight is 237 g/mol. The molecule has 0 amide bonds. The Balaban J connectivity index is 2.11. The predicted octanol–water partition coefficient (Wildman–Crippen LogP) is 0.964. The highest BCUT2D eigenvalue weighted by atomic mass is 16.5. The molecule has 1 saturated heterocycles. The summed E-state index contributed by atoms with van der Waals surface area (Å²) in [5.41, 5.74) is 1.16. The van der Waals surface area contributed by atoms with Crippen molar-refractivity contribution in [1.82, 2.24) is 9.88 Å². The van der Waals surface area contributed by atoms with Gasteiger partial charge in [0.15, 0.2) is 0 Å². The van der Waals surface area contributed by atoms with Crippen LogP contribution in [-0.2, 0) is 11.3 Å². The lowest BCUT2D eigenvalue weighted by Crippen LogP contribution is -2.35. The van der Waals surface area contributed by atoms with Crippen LogP contribution in [0, 0.1) is 0 Å². The van der Waals surface area contributed by atoms with Crippen LogP contribution in [0.2, 0.25) is 0 Å². The third-order valence-electron chi connectivity index (χ3n) is 2.92. The SMILES string of the molecule is CNc1cc(CN2CCOCC2)c(OC)cn1. The van der Waals surface area contributed by atoms with Crippen LogP contribution in [0.5, 0.6) is 5.75 Å². The first-order valence-corrected chi connectivity index (χ1v) is 5.84. The van der Waals surface area contributed by atoms with Crippen LogP contribution >= 0.6 is 0 Å². The number of hydrogen-bond acceptors (Lipinski definition) is 5. The summed E-state index contributed by atoms with van der Waals surface area (Å²) in [4.78, 5) is 6.60. The Bertz CT molecular complexity index is 365. The molecule has 0 aliphatic carbocycles. The van der Waals surface area contributed by atoms with Crippen molar-refractivity contribution < 1.29 is 9.47 Å². The number of nitrogens with one attached hydrogen (secondary N) is 1. The third-order valence-corrected chi connectivity index (χ3v) is 2.92. The van der Waals surface area contributed by atoms with Gasteiger partial charge in [-0.15, -0.1) is 0 Å². The van der Waals surface area contributed by atoms with E-state index in [9.17, 15) is 0 Å². The lowest BCUT2D eigenvalue weighted by molar-refractivity contribution is 0.0339. The van der Waals surface area contributed by atoms with Gasteiger partial charge in [-0.1, -0.05) is 0 Å². The number of hydrogen-bond donors (Lipinski definition) is 1. The van der Waals surface area contributed by atoms with Crippen molar-refractivity contribution >= 4 is 5.82 Å². The minimum absolute atomic E-state index is 0.812. The number of nitrogens with zero attached hydrogens (tertiary/aromatic N) is 2. The molecule has 1 aliphatic rings. The molecule has 0 aromatic carbocycles. The van der Waals surface area contributed by atoms with E-state index in [0.717, 1.165) is 50.0 Å². The van der Waals surface area contributed by atoms with Crippen molar-refractivity contribution in [2.24, 2.45) is 0 Å². The van der Waals surface area contributed by atoms with Crippen LogP contribution in [0.4, 0.5) is 5.82 Å². The monoisotopic (exact) mass is 237 g/mol. The van der Waals surface area contributed by atoms with Crippen molar-refractivity contribution in [3.63, 3.8) is 0 Å². The van der Waals surface area contributed by atoms with Gasteiger partial charge in [-0.05, 0) is 6.07 Å². The first-order chi connectivity index (χ1) is 8.33. The predicted molar refractivity (Wildman–Crippen MR) is 66.4 cm³/mol. The van der Waals surface area contributed by atoms with Gasteiger partial charge in [-0.25, -0.2) is 4.98 Å². The first kappa shape index (κ1) is 12.1. The van der Waals surface area contributed by atoms with Crippen molar-refractivity contribution in [1.29, 1.82) is 0 Å². The Hall–Kier alpha value is -1.33. The van der Waals surface area contributed by atoms with Gasteiger partial charge in [0.2, 0.25) is 0 Å². The normalized spacial score (nSPS) is 16.8. The summed E-state index contributed by atoms with van der Waals surface area (Å²) in [6.07, 6.45) is 1.77. The Morgan fingerprint density at radius 2 is 2.24 bits per heavy atom. The van der Waals surface area contributed by atoms with Gasteiger partial charge in [0.1, 0.15) is 11.6 Å². The number of ether oxygens (including phenoxy) is 2. The van der Waals surface area contributed by atoms with E-state index in [0.29, 0.717) is 0 Å². The van der Waals surface area contributed by atoms with Crippen LogP contribution in [0.25, 0.3) is 0 Å². The fraction of sp³-hybridized carbons (Fsp3) is 0.583. The second kappa shape index (κ2) is 5.84. The van der Waals surface area contributed by atoms with E-state index in [2.05, 4.69) is 15.2 Å². The highest BCUT2D eigenvalue weighted by molar-refractivity contribution is 5.43. The van der Waals surface area contributed by atoms with Crippen molar-refractivity contribution in [3.05, 3.63) is 17.8 Å². The molecule has 0 unspecified atom stereocenters. The summed E-state index contributed by atoms with van der Waals surface area (Å²) in [5, 5.41) is 3.05. The summed E-state index contributed by atoms with van der Waals surface area (Å²) in [5.74, 6) is 1.71. The molecule has 0 saturated carbocycles. The highest BCUT2D eigenvalue weighted by Crippen LogP contribution is 2.21. The van der Waals surface area contributed by atoms with Crippen LogP contribution in [0.15, 0.2) is 12.3 Å². The minimum Gasteiger partial charge on any atom is -0.495 e. The second-order valence-corrected chi connectivity index (χ2v) is 4.02. The fourth-order valence-corrected chi connectivity index (χ4v) is 1.93. The molecule has 5 nitrogen and oxygen atoms in total. The first-order valence-electron chi connectivity index (χ1n) is 5.84. The van der Waals surface area contributed by atoms with E-state index in [1.165, 1.54) is 0 Å². The molecular weight excluding hydrogens is 218 g/mol. The Kier molecular flexibility index (Phi) is 4.17. The molecule has 2 rings (SSSR count). The molecule has 0 radical (unpaired) electrons. The summed E-state index contributed by atoms with van der Waals surface area (Å²) >= 11 is 0. The van der Waals surface area contributed by atoms with Crippen molar-refractivity contribution in [3.8, 4) is 5.75 Å². The number of aromatic nitrogens is 1. The lowest BCUT2D eigenvalue weighted by Gasteiger charge is -2.27. The second-order valence-electron chi connectivity index (χ2n) is 4.02. The van der Waals surface area contributed by atoms with Gasteiger partial charge >= 0.3 is 0 Å². The molecule has 94 valence electrons. The number of rotatable bonds is 4. The summed E-state index contributed by atoms with van der Waals surface area (Å²) in [6.45, 7) is 4.45. The Morgan fingerprint density at radius 1 is 1.47 bits per heavy atom.